The number of H-pyrrole nitrogens is 1. The Balaban J connectivity index is 1.55. The molecular formula is C22H23F3N4O3. The van der Waals surface area contributed by atoms with Crippen molar-refractivity contribution in [3.63, 3.8) is 0 Å². The van der Waals surface area contributed by atoms with Crippen LogP contribution in [0, 0.1) is 0 Å². The first-order valence-electron chi connectivity index (χ1n) is 10.2. The van der Waals surface area contributed by atoms with E-state index in [9.17, 15) is 28.2 Å². The molecule has 0 spiro atoms. The molecule has 0 amide bonds. The van der Waals surface area contributed by atoms with Crippen LogP contribution in [0.5, 0.6) is 0 Å². The molecule has 170 valence electrons. The van der Waals surface area contributed by atoms with Crippen LogP contribution in [0.2, 0.25) is 0 Å². The van der Waals surface area contributed by atoms with E-state index in [1.165, 1.54) is 6.07 Å². The minimum absolute atomic E-state index is 0.142. The molecule has 4 rings (SSSR count). The summed E-state index contributed by atoms with van der Waals surface area (Å²) in [6.45, 7) is 1.78. The summed E-state index contributed by atoms with van der Waals surface area (Å²) in [7, 11) is 0. The quantitative estimate of drug-likeness (QED) is 0.554. The van der Waals surface area contributed by atoms with Crippen molar-refractivity contribution in [2.75, 3.05) is 31.1 Å². The number of hydrogen-bond acceptors (Lipinski definition) is 5. The number of aromatic amines is 1. The molecule has 3 N–H and O–H groups in total. The van der Waals surface area contributed by atoms with E-state index < -0.39 is 23.8 Å². The third kappa shape index (κ3) is 4.42. The SMILES string of the molecule is O=C(O)[C@H](c1c[nH]c2ccc(CO)cc12)N1CCCN(c2ccc(C(F)(F)F)cn2)CC1. The maximum Gasteiger partial charge on any atom is 0.417 e. The number of aromatic nitrogens is 2. The first-order valence-corrected chi connectivity index (χ1v) is 10.2. The molecule has 1 aromatic carbocycles. The number of aliphatic hydroxyl groups excluding tert-OH is 1. The standard InChI is InChI=1S/C22H23F3N4O3/c23-22(24,25)15-3-5-19(27-11-15)28-6-1-7-29(9-8-28)20(21(31)32)17-12-26-18-4-2-14(13-30)10-16(17)18/h2-5,10-12,20,26,30H,1,6-9,13H2,(H,31,32)/t20-/m0/s1. The van der Waals surface area contributed by atoms with E-state index >= 15 is 0 Å². The van der Waals surface area contributed by atoms with Gasteiger partial charge in [0.2, 0.25) is 0 Å². The monoisotopic (exact) mass is 448 g/mol. The number of fused-ring (bicyclic) bond motifs is 1. The molecule has 0 aliphatic carbocycles. The Kier molecular flexibility index (Phi) is 6.07. The zero-order valence-electron chi connectivity index (χ0n) is 17.1. The summed E-state index contributed by atoms with van der Waals surface area (Å²) in [5.41, 5.74) is 1.29. The number of rotatable bonds is 5. The van der Waals surface area contributed by atoms with Gasteiger partial charge in [0, 0.05) is 55.0 Å². The first-order chi connectivity index (χ1) is 15.3. The fourth-order valence-corrected chi connectivity index (χ4v) is 4.17. The number of nitrogens with zero attached hydrogens (tertiary/aromatic N) is 3. The molecule has 0 unspecified atom stereocenters. The van der Waals surface area contributed by atoms with Crippen molar-refractivity contribution < 1.29 is 28.2 Å². The number of anilines is 1. The highest BCUT2D eigenvalue weighted by atomic mass is 19.4. The molecule has 1 saturated heterocycles. The molecule has 3 heterocycles. The number of carbonyl (C=O) groups is 1. The third-order valence-electron chi connectivity index (χ3n) is 5.78. The summed E-state index contributed by atoms with van der Waals surface area (Å²) >= 11 is 0. The summed E-state index contributed by atoms with van der Waals surface area (Å²) in [5, 5.41) is 20.2. The number of aliphatic carboxylic acids is 1. The Hall–Kier alpha value is -3.11. The number of hydrogen-bond donors (Lipinski definition) is 3. The second-order valence-corrected chi connectivity index (χ2v) is 7.80. The average Bonchev–Trinajstić information content (AvgIpc) is 3.01. The van der Waals surface area contributed by atoms with Crippen LogP contribution in [0.25, 0.3) is 10.9 Å². The summed E-state index contributed by atoms with van der Waals surface area (Å²) in [4.78, 5) is 23.1. The molecule has 32 heavy (non-hydrogen) atoms. The van der Waals surface area contributed by atoms with Crippen LogP contribution in [0.3, 0.4) is 0 Å². The van der Waals surface area contributed by atoms with Gasteiger partial charge in [0.05, 0.1) is 12.2 Å². The zero-order valence-corrected chi connectivity index (χ0v) is 17.1. The van der Waals surface area contributed by atoms with Crippen LogP contribution < -0.4 is 4.90 Å². The van der Waals surface area contributed by atoms with Gasteiger partial charge in [-0.25, -0.2) is 4.98 Å². The van der Waals surface area contributed by atoms with Crippen molar-refractivity contribution in [1.82, 2.24) is 14.9 Å². The lowest BCUT2D eigenvalue weighted by Crippen LogP contribution is -2.37. The van der Waals surface area contributed by atoms with Gasteiger partial charge >= 0.3 is 12.1 Å². The van der Waals surface area contributed by atoms with E-state index in [0.29, 0.717) is 49.5 Å². The van der Waals surface area contributed by atoms with Gasteiger partial charge in [-0.2, -0.15) is 13.2 Å². The lowest BCUT2D eigenvalue weighted by molar-refractivity contribution is -0.143. The van der Waals surface area contributed by atoms with Crippen LogP contribution in [0.1, 0.15) is 29.2 Å². The molecule has 0 bridgehead atoms. The van der Waals surface area contributed by atoms with Crippen LogP contribution in [0.4, 0.5) is 19.0 Å². The molecule has 1 fully saturated rings. The number of carboxylic acid groups (broad SMARTS) is 1. The molecule has 1 aliphatic heterocycles. The molecule has 0 saturated carbocycles. The van der Waals surface area contributed by atoms with Crippen LogP contribution in [-0.4, -0.2) is 57.2 Å². The number of pyridine rings is 1. The molecule has 2 aromatic heterocycles. The second kappa shape index (κ2) is 8.79. The molecule has 3 aromatic rings. The summed E-state index contributed by atoms with van der Waals surface area (Å²) in [5.74, 6) is -0.548. The van der Waals surface area contributed by atoms with E-state index in [0.717, 1.165) is 23.2 Å². The van der Waals surface area contributed by atoms with Gasteiger partial charge in [0.25, 0.3) is 0 Å². The van der Waals surface area contributed by atoms with Gasteiger partial charge in [0.1, 0.15) is 11.9 Å². The van der Waals surface area contributed by atoms with E-state index in [4.69, 9.17) is 0 Å². The van der Waals surface area contributed by atoms with Crippen molar-refractivity contribution in [3.8, 4) is 0 Å². The average molecular weight is 448 g/mol. The van der Waals surface area contributed by atoms with Gasteiger partial charge in [-0.3, -0.25) is 9.69 Å². The predicted octanol–water partition coefficient (Wildman–Crippen LogP) is 3.41. The van der Waals surface area contributed by atoms with E-state index in [-0.39, 0.29) is 6.61 Å². The number of halogens is 3. The summed E-state index contributed by atoms with van der Waals surface area (Å²) in [6.07, 6.45) is -1.30. The first kappa shape index (κ1) is 22.1. The van der Waals surface area contributed by atoms with E-state index in [1.54, 1.807) is 18.3 Å². The fourth-order valence-electron chi connectivity index (χ4n) is 4.17. The Morgan fingerprint density at radius 2 is 1.97 bits per heavy atom. The third-order valence-corrected chi connectivity index (χ3v) is 5.78. The van der Waals surface area contributed by atoms with Gasteiger partial charge in [0.15, 0.2) is 0 Å². The van der Waals surface area contributed by atoms with E-state index in [1.807, 2.05) is 15.9 Å². The fraction of sp³-hybridized carbons (Fsp3) is 0.364. The molecule has 1 atom stereocenters. The van der Waals surface area contributed by atoms with Crippen molar-refractivity contribution >= 4 is 22.7 Å². The van der Waals surface area contributed by atoms with Crippen LogP contribution in [-0.2, 0) is 17.6 Å². The second-order valence-electron chi connectivity index (χ2n) is 7.80. The Morgan fingerprint density at radius 3 is 2.62 bits per heavy atom. The van der Waals surface area contributed by atoms with Gasteiger partial charge < -0.3 is 20.1 Å². The number of alkyl halides is 3. The highest BCUT2D eigenvalue weighted by Gasteiger charge is 2.33. The zero-order chi connectivity index (χ0) is 22.9. The number of benzene rings is 1. The summed E-state index contributed by atoms with van der Waals surface area (Å²) in [6, 6.07) is 6.84. The van der Waals surface area contributed by atoms with Crippen molar-refractivity contribution in [3.05, 3.63) is 59.4 Å². The van der Waals surface area contributed by atoms with Crippen LogP contribution in [0.15, 0.2) is 42.7 Å². The molecule has 0 radical (unpaired) electrons. The van der Waals surface area contributed by atoms with Crippen molar-refractivity contribution in [2.24, 2.45) is 0 Å². The molecule has 7 nitrogen and oxygen atoms in total. The maximum absolute atomic E-state index is 12.8. The predicted molar refractivity (Wildman–Crippen MR) is 112 cm³/mol. The Labute approximate surface area is 182 Å². The number of carboxylic acids is 1. The van der Waals surface area contributed by atoms with Gasteiger partial charge in [-0.15, -0.1) is 0 Å². The minimum atomic E-state index is -4.44. The Morgan fingerprint density at radius 1 is 1.16 bits per heavy atom. The maximum atomic E-state index is 12.8. The highest BCUT2D eigenvalue weighted by molar-refractivity contribution is 5.89. The highest BCUT2D eigenvalue weighted by Crippen LogP contribution is 2.32. The smallest absolute Gasteiger partial charge is 0.417 e. The normalized spacial score (nSPS) is 16.8. The minimum Gasteiger partial charge on any atom is -0.480 e. The summed E-state index contributed by atoms with van der Waals surface area (Å²) < 4.78 is 38.4. The molecule has 1 aliphatic rings. The Bertz CT molecular complexity index is 1100. The van der Waals surface area contributed by atoms with Crippen molar-refractivity contribution in [2.45, 2.75) is 25.2 Å². The topological polar surface area (TPSA) is 92.7 Å². The largest absolute Gasteiger partial charge is 0.480 e. The number of nitrogens with one attached hydrogen (secondary N) is 1. The number of aliphatic hydroxyl groups is 1. The lowest BCUT2D eigenvalue weighted by Gasteiger charge is -2.27. The van der Waals surface area contributed by atoms with Crippen LogP contribution >= 0.6 is 0 Å². The lowest BCUT2D eigenvalue weighted by atomic mass is 10.0. The van der Waals surface area contributed by atoms with E-state index in [2.05, 4.69) is 9.97 Å². The van der Waals surface area contributed by atoms with Gasteiger partial charge in [-0.1, -0.05) is 6.07 Å². The molecule has 10 heteroatoms. The molecular weight excluding hydrogens is 425 g/mol. The van der Waals surface area contributed by atoms with Crippen molar-refractivity contribution in [1.29, 1.82) is 0 Å². The van der Waals surface area contributed by atoms with Gasteiger partial charge in [-0.05, 0) is 36.2 Å².